The van der Waals surface area contributed by atoms with Gasteiger partial charge >= 0.3 is 11.9 Å². The van der Waals surface area contributed by atoms with E-state index in [1.807, 2.05) is 0 Å². The Balaban J connectivity index is 3.94. The van der Waals surface area contributed by atoms with Crippen LogP contribution in [0.15, 0.2) is 0 Å². The van der Waals surface area contributed by atoms with E-state index >= 15 is 0 Å². The van der Waals surface area contributed by atoms with Crippen LogP contribution in [-0.2, 0) is 28.7 Å². The molecule has 8 nitrogen and oxygen atoms in total. The first-order valence-corrected chi connectivity index (χ1v) is 24.3. The summed E-state index contributed by atoms with van der Waals surface area (Å²) in [5, 5.41) is 5.64. The summed E-state index contributed by atoms with van der Waals surface area (Å²) < 4.78 is 11.4. The van der Waals surface area contributed by atoms with Crippen molar-refractivity contribution in [1.82, 2.24) is 10.6 Å². The molecule has 0 heterocycles. The number of ether oxygens (including phenoxy) is 2. The van der Waals surface area contributed by atoms with Gasteiger partial charge < -0.3 is 20.1 Å². The zero-order valence-electron chi connectivity index (χ0n) is 37.5. The van der Waals surface area contributed by atoms with Gasteiger partial charge in [0.2, 0.25) is 11.8 Å². The van der Waals surface area contributed by atoms with Crippen LogP contribution in [0, 0.1) is 11.8 Å². The van der Waals surface area contributed by atoms with Gasteiger partial charge in [-0.05, 0) is 57.8 Å². The van der Waals surface area contributed by atoms with E-state index in [9.17, 15) is 19.2 Å². The lowest BCUT2D eigenvalue weighted by Crippen LogP contribution is -2.37. The molecule has 0 aliphatic heterocycles. The quantitative estimate of drug-likeness (QED) is 0.0470. The van der Waals surface area contributed by atoms with Crippen LogP contribution in [0.1, 0.15) is 246 Å². The van der Waals surface area contributed by atoms with Crippen LogP contribution < -0.4 is 10.6 Å². The first-order chi connectivity index (χ1) is 27.4. The third-order valence-electron chi connectivity index (χ3n) is 11.2. The Hall–Kier alpha value is -2.12. The van der Waals surface area contributed by atoms with E-state index in [1.54, 1.807) is 0 Å². The molecule has 56 heavy (non-hydrogen) atoms. The number of hydrogen-bond acceptors (Lipinski definition) is 6. The lowest BCUT2D eigenvalue weighted by atomic mass is 9.94. The van der Waals surface area contributed by atoms with E-state index in [-0.39, 0.29) is 42.1 Å². The smallest absolute Gasteiger partial charge is 0.308 e. The minimum atomic E-state index is -0.160. The molecular weight excluding hydrogens is 701 g/mol. The zero-order valence-corrected chi connectivity index (χ0v) is 37.5. The summed E-state index contributed by atoms with van der Waals surface area (Å²) >= 11 is 0. The summed E-state index contributed by atoms with van der Waals surface area (Å²) in [6.45, 7) is 10.5. The van der Waals surface area contributed by atoms with Gasteiger partial charge in [-0.1, -0.05) is 182 Å². The average molecular weight is 793 g/mol. The van der Waals surface area contributed by atoms with Crippen molar-refractivity contribution in [3.05, 3.63) is 0 Å². The van der Waals surface area contributed by atoms with Crippen LogP contribution in [-0.4, -0.2) is 50.1 Å². The molecule has 0 aromatic heterocycles. The maximum Gasteiger partial charge on any atom is 0.308 e. The molecule has 0 fully saturated rings. The van der Waals surface area contributed by atoms with Crippen molar-refractivity contribution in [3.63, 3.8) is 0 Å². The molecule has 0 aromatic rings. The number of hydrogen-bond donors (Lipinski definition) is 2. The normalized spacial score (nSPS) is 12.3. The van der Waals surface area contributed by atoms with Gasteiger partial charge in [-0.3, -0.25) is 19.2 Å². The zero-order chi connectivity index (χ0) is 41.2. The first-order valence-electron chi connectivity index (χ1n) is 24.3. The molecular formula is C48H92N2O6. The fraction of sp³-hybridized carbons (Fsp3) is 0.917. The predicted molar refractivity (Wildman–Crippen MR) is 235 cm³/mol. The van der Waals surface area contributed by atoms with E-state index in [1.165, 1.54) is 103 Å². The van der Waals surface area contributed by atoms with Crippen molar-refractivity contribution < 1.29 is 28.7 Å². The maximum absolute atomic E-state index is 12.8. The Kier molecular flexibility index (Phi) is 40.9. The van der Waals surface area contributed by atoms with Crippen molar-refractivity contribution in [2.45, 2.75) is 246 Å². The largest absolute Gasteiger partial charge is 0.465 e. The molecule has 0 aromatic carbocycles. The molecule has 2 amide bonds. The monoisotopic (exact) mass is 793 g/mol. The van der Waals surface area contributed by atoms with Gasteiger partial charge in [0.1, 0.15) is 0 Å². The minimum Gasteiger partial charge on any atom is -0.465 e. The van der Waals surface area contributed by atoms with Crippen LogP contribution in [0.4, 0.5) is 0 Å². The van der Waals surface area contributed by atoms with Gasteiger partial charge in [-0.2, -0.15) is 0 Å². The van der Waals surface area contributed by atoms with Gasteiger partial charge in [0.05, 0.1) is 31.6 Å². The number of rotatable bonds is 43. The lowest BCUT2D eigenvalue weighted by Gasteiger charge is -2.16. The van der Waals surface area contributed by atoms with Crippen molar-refractivity contribution in [2.24, 2.45) is 11.8 Å². The second kappa shape index (κ2) is 42.5. The minimum absolute atomic E-state index is 0.000624. The van der Waals surface area contributed by atoms with Crippen molar-refractivity contribution in [2.75, 3.05) is 26.3 Å². The van der Waals surface area contributed by atoms with Crippen LogP contribution in [0.2, 0.25) is 0 Å². The van der Waals surface area contributed by atoms with Gasteiger partial charge in [0.25, 0.3) is 0 Å². The highest BCUT2D eigenvalue weighted by Gasteiger charge is 2.20. The van der Waals surface area contributed by atoms with Crippen LogP contribution in [0.25, 0.3) is 0 Å². The SMILES string of the molecule is CCCCCCCCC(CCCCCC)C(=O)OCCCCCCCC(=O)NCC(=O)NCCCCCCOC(=O)C(CCCCCC)CCCCCCCC. The molecule has 0 aliphatic carbocycles. The van der Waals surface area contributed by atoms with Crippen LogP contribution in [0.3, 0.4) is 0 Å². The number of amides is 2. The number of carbonyl (C=O) groups is 4. The summed E-state index contributed by atoms with van der Waals surface area (Å²) in [6, 6.07) is 0. The van der Waals surface area contributed by atoms with Gasteiger partial charge in [-0.15, -0.1) is 0 Å². The molecule has 0 radical (unpaired) electrons. The van der Waals surface area contributed by atoms with E-state index < -0.39 is 0 Å². The molecule has 0 rings (SSSR count). The standard InChI is InChI=1S/C48H92N2O6/c1-5-9-13-17-20-28-36-43(34-26-15-11-7-3)47(53)55-40-32-24-19-22-30-38-45(51)50-42-46(52)49-39-31-23-25-33-41-56-48(54)44(35-27-16-12-8-4)37-29-21-18-14-10-6-2/h43-44H,5-42H2,1-4H3,(H,49,52)(H,50,51). The highest BCUT2D eigenvalue weighted by molar-refractivity contribution is 5.84. The Morgan fingerprint density at radius 2 is 0.714 bits per heavy atom. The molecule has 0 saturated heterocycles. The first kappa shape index (κ1) is 53.9. The van der Waals surface area contributed by atoms with Gasteiger partial charge in [0, 0.05) is 13.0 Å². The van der Waals surface area contributed by atoms with Crippen molar-refractivity contribution in [3.8, 4) is 0 Å². The van der Waals surface area contributed by atoms with E-state index in [0.717, 1.165) is 109 Å². The Morgan fingerprint density at radius 1 is 0.375 bits per heavy atom. The van der Waals surface area contributed by atoms with Gasteiger partial charge in [-0.25, -0.2) is 0 Å². The molecule has 0 spiro atoms. The van der Waals surface area contributed by atoms with Gasteiger partial charge in [0.15, 0.2) is 0 Å². The summed E-state index contributed by atoms with van der Waals surface area (Å²) in [5.41, 5.74) is 0. The molecule has 0 bridgehead atoms. The van der Waals surface area contributed by atoms with E-state index in [0.29, 0.717) is 26.2 Å². The summed E-state index contributed by atoms with van der Waals surface area (Å²) in [6.07, 6.45) is 36.9. The van der Waals surface area contributed by atoms with Crippen LogP contribution >= 0.6 is 0 Å². The fourth-order valence-electron chi connectivity index (χ4n) is 7.37. The third kappa shape index (κ3) is 36.2. The fourth-order valence-corrected chi connectivity index (χ4v) is 7.37. The highest BCUT2D eigenvalue weighted by atomic mass is 16.5. The van der Waals surface area contributed by atoms with Crippen LogP contribution in [0.5, 0.6) is 0 Å². The number of carbonyl (C=O) groups excluding carboxylic acids is 4. The molecule has 2 atom stereocenters. The van der Waals surface area contributed by atoms with Crippen molar-refractivity contribution in [1.29, 1.82) is 0 Å². The van der Waals surface area contributed by atoms with E-state index in [4.69, 9.17) is 9.47 Å². The Labute approximate surface area is 346 Å². The molecule has 2 unspecified atom stereocenters. The molecule has 8 heteroatoms. The summed E-state index contributed by atoms with van der Waals surface area (Å²) in [7, 11) is 0. The number of esters is 2. The lowest BCUT2D eigenvalue weighted by molar-refractivity contribution is -0.150. The summed E-state index contributed by atoms with van der Waals surface area (Å²) in [4.78, 5) is 50.1. The van der Waals surface area contributed by atoms with E-state index in [2.05, 4.69) is 38.3 Å². The predicted octanol–water partition coefficient (Wildman–Crippen LogP) is 12.9. The topological polar surface area (TPSA) is 111 Å². The average Bonchev–Trinajstić information content (AvgIpc) is 3.19. The third-order valence-corrected chi connectivity index (χ3v) is 11.2. The molecule has 330 valence electrons. The van der Waals surface area contributed by atoms with Crippen molar-refractivity contribution >= 4 is 23.8 Å². The Morgan fingerprint density at radius 3 is 1.14 bits per heavy atom. The molecule has 0 saturated carbocycles. The second-order valence-electron chi connectivity index (χ2n) is 16.6. The maximum atomic E-state index is 12.8. The number of nitrogens with one attached hydrogen (secondary N) is 2. The summed E-state index contributed by atoms with van der Waals surface area (Å²) in [5.74, 6) is -0.155. The second-order valence-corrected chi connectivity index (χ2v) is 16.6. The number of unbranched alkanes of at least 4 members (excludes halogenated alkanes) is 23. The highest BCUT2D eigenvalue weighted by Crippen LogP contribution is 2.22. The Bertz CT molecular complexity index is 840. The molecule has 0 aliphatic rings. The molecule has 2 N–H and O–H groups in total.